The summed E-state index contributed by atoms with van der Waals surface area (Å²) >= 11 is 0. The summed E-state index contributed by atoms with van der Waals surface area (Å²) in [4.78, 5) is 2.51. The van der Waals surface area contributed by atoms with Gasteiger partial charge in [0.25, 0.3) is 0 Å². The zero-order valence-electron chi connectivity index (χ0n) is 8.74. The molecule has 0 bridgehead atoms. The lowest BCUT2D eigenvalue weighted by molar-refractivity contribution is 0.0385. The predicted octanol–water partition coefficient (Wildman–Crippen LogP) is 0.446. The monoisotopic (exact) mass is 196 g/mol. The standard InChI is InChI=1S/C11H20N2O/c12-11(10-1-2-10)7-13(8-11)5-9-3-4-14-6-9/h9-10H,1-8,12H2. The molecule has 1 atom stereocenters. The molecule has 2 heterocycles. The molecule has 3 rings (SSSR count). The maximum atomic E-state index is 6.30. The predicted molar refractivity (Wildman–Crippen MR) is 55.0 cm³/mol. The summed E-state index contributed by atoms with van der Waals surface area (Å²) < 4.78 is 5.38. The van der Waals surface area contributed by atoms with Crippen molar-refractivity contribution in [2.75, 3.05) is 32.8 Å². The van der Waals surface area contributed by atoms with Gasteiger partial charge in [0.05, 0.1) is 6.61 Å². The van der Waals surface area contributed by atoms with Crippen molar-refractivity contribution < 1.29 is 4.74 Å². The SMILES string of the molecule is NC1(C2CC2)CN(CC2CCOC2)C1. The van der Waals surface area contributed by atoms with E-state index in [1.807, 2.05) is 0 Å². The molecule has 2 N–H and O–H groups in total. The zero-order chi connectivity index (χ0) is 9.60. The molecule has 1 unspecified atom stereocenters. The van der Waals surface area contributed by atoms with Gasteiger partial charge in [0.1, 0.15) is 0 Å². The van der Waals surface area contributed by atoms with Gasteiger partial charge in [-0.25, -0.2) is 0 Å². The molecule has 2 aliphatic heterocycles. The van der Waals surface area contributed by atoms with Gasteiger partial charge in [0.2, 0.25) is 0 Å². The molecule has 2 saturated heterocycles. The van der Waals surface area contributed by atoms with Gasteiger partial charge in [-0.15, -0.1) is 0 Å². The van der Waals surface area contributed by atoms with Crippen LogP contribution in [0.5, 0.6) is 0 Å². The molecular weight excluding hydrogens is 176 g/mol. The Morgan fingerprint density at radius 2 is 2.07 bits per heavy atom. The number of hydrogen-bond donors (Lipinski definition) is 1. The molecule has 0 aromatic carbocycles. The van der Waals surface area contributed by atoms with E-state index in [4.69, 9.17) is 10.5 Å². The largest absolute Gasteiger partial charge is 0.381 e. The van der Waals surface area contributed by atoms with Gasteiger partial charge in [-0.1, -0.05) is 0 Å². The van der Waals surface area contributed by atoms with Crippen molar-refractivity contribution >= 4 is 0 Å². The van der Waals surface area contributed by atoms with Crippen LogP contribution in [-0.2, 0) is 4.74 Å². The minimum atomic E-state index is 0.194. The Morgan fingerprint density at radius 3 is 2.64 bits per heavy atom. The van der Waals surface area contributed by atoms with Gasteiger partial charge in [-0.2, -0.15) is 0 Å². The van der Waals surface area contributed by atoms with Crippen molar-refractivity contribution in [3.63, 3.8) is 0 Å². The lowest BCUT2D eigenvalue weighted by Gasteiger charge is -2.49. The van der Waals surface area contributed by atoms with Crippen molar-refractivity contribution in [1.29, 1.82) is 0 Å². The third-order valence-electron chi connectivity index (χ3n) is 3.97. The second kappa shape index (κ2) is 3.19. The topological polar surface area (TPSA) is 38.5 Å². The Balaban J connectivity index is 1.44. The molecule has 0 aromatic heterocycles. The fourth-order valence-electron chi connectivity index (χ4n) is 2.92. The van der Waals surface area contributed by atoms with E-state index in [1.165, 1.54) is 25.8 Å². The van der Waals surface area contributed by atoms with Crippen LogP contribution in [0.15, 0.2) is 0 Å². The second-order valence-electron chi connectivity index (χ2n) is 5.41. The molecule has 14 heavy (non-hydrogen) atoms. The van der Waals surface area contributed by atoms with E-state index in [2.05, 4.69) is 4.90 Å². The Morgan fingerprint density at radius 1 is 1.29 bits per heavy atom. The van der Waals surface area contributed by atoms with E-state index >= 15 is 0 Å². The number of rotatable bonds is 3. The summed E-state index contributed by atoms with van der Waals surface area (Å²) in [5, 5.41) is 0. The molecule has 80 valence electrons. The van der Waals surface area contributed by atoms with Gasteiger partial charge < -0.3 is 10.5 Å². The summed E-state index contributed by atoms with van der Waals surface area (Å²) in [5.74, 6) is 1.62. The molecule has 1 saturated carbocycles. The molecular formula is C11H20N2O. The molecule has 1 aliphatic carbocycles. The maximum absolute atomic E-state index is 6.30. The Bertz CT molecular complexity index is 213. The highest BCUT2D eigenvalue weighted by Gasteiger charge is 2.50. The van der Waals surface area contributed by atoms with Crippen LogP contribution in [0.3, 0.4) is 0 Å². The molecule has 0 aromatic rings. The fraction of sp³-hybridized carbons (Fsp3) is 1.00. The number of hydrogen-bond acceptors (Lipinski definition) is 3. The van der Waals surface area contributed by atoms with Crippen LogP contribution in [0.25, 0.3) is 0 Å². The van der Waals surface area contributed by atoms with Crippen LogP contribution in [0.1, 0.15) is 19.3 Å². The van der Waals surface area contributed by atoms with Crippen molar-refractivity contribution in [2.24, 2.45) is 17.6 Å². The number of likely N-dealkylation sites (tertiary alicyclic amines) is 1. The average Bonchev–Trinajstić information content (AvgIpc) is 2.84. The Labute approximate surface area is 85.6 Å². The van der Waals surface area contributed by atoms with E-state index < -0.39 is 0 Å². The van der Waals surface area contributed by atoms with E-state index in [9.17, 15) is 0 Å². The minimum absolute atomic E-state index is 0.194. The molecule has 0 radical (unpaired) electrons. The number of nitrogens with two attached hydrogens (primary N) is 1. The lowest BCUT2D eigenvalue weighted by atomic mass is 9.85. The minimum Gasteiger partial charge on any atom is -0.381 e. The second-order valence-corrected chi connectivity index (χ2v) is 5.41. The first-order valence-electron chi connectivity index (χ1n) is 5.85. The van der Waals surface area contributed by atoms with Gasteiger partial charge >= 0.3 is 0 Å². The van der Waals surface area contributed by atoms with Crippen LogP contribution >= 0.6 is 0 Å². The van der Waals surface area contributed by atoms with Crippen LogP contribution < -0.4 is 5.73 Å². The van der Waals surface area contributed by atoms with Crippen molar-refractivity contribution in [2.45, 2.75) is 24.8 Å². The summed E-state index contributed by atoms with van der Waals surface area (Å²) in [7, 11) is 0. The molecule has 3 aliphatic rings. The maximum Gasteiger partial charge on any atom is 0.0507 e. The summed E-state index contributed by atoms with van der Waals surface area (Å²) in [5.41, 5.74) is 6.49. The Kier molecular flexibility index (Phi) is 2.08. The van der Waals surface area contributed by atoms with E-state index in [-0.39, 0.29) is 5.54 Å². The molecule has 3 heteroatoms. The van der Waals surface area contributed by atoms with Crippen LogP contribution in [0.2, 0.25) is 0 Å². The third-order valence-corrected chi connectivity index (χ3v) is 3.97. The van der Waals surface area contributed by atoms with Gasteiger partial charge in [-0.3, -0.25) is 4.90 Å². The van der Waals surface area contributed by atoms with Gasteiger partial charge in [0.15, 0.2) is 0 Å². The molecule has 3 nitrogen and oxygen atoms in total. The first-order valence-corrected chi connectivity index (χ1v) is 5.85. The molecule has 0 spiro atoms. The first-order chi connectivity index (χ1) is 6.76. The summed E-state index contributed by atoms with van der Waals surface area (Å²) in [6.07, 6.45) is 3.99. The molecule has 0 amide bonds. The van der Waals surface area contributed by atoms with Crippen molar-refractivity contribution in [1.82, 2.24) is 4.90 Å². The van der Waals surface area contributed by atoms with Gasteiger partial charge in [-0.05, 0) is 31.1 Å². The normalized spacial score (nSPS) is 37.1. The molecule has 3 fully saturated rings. The smallest absolute Gasteiger partial charge is 0.0507 e. The number of nitrogens with zero attached hydrogens (tertiary/aromatic N) is 1. The number of ether oxygens (including phenoxy) is 1. The first kappa shape index (κ1) is 9.13. The summed E-state index contributed by atoms with van der Waals surface area (Å²) in [6.45, 7) is 5.42. The van der Waals surface area contributed by atoms with E-state index in [0.29, 0.717) is 0 Å². The van der Waals surface area contributed by atoms with Crippen LogP contribution in [0, 0.1) is 11.8 Å². The van der Waals surface area contributed by atoms with E-state index in [1.54, 1.807) is 0 Å². The highest BCUT2D eigenvalue weighted by Crippen LogP contribution is 2.43. The Hall–Kier alpha value is -0.120. The van der Waals surface area contributed by atoms with Crippen molar-refractivity contribution in [3.05, 3.63) is 0 Å². The third kappa shape index (κ3) is 1.58. The highest BCUT2D eigenvalue weighted by atomic mass is 16.5. The summed E-state index contributed by atoms with van der Waals surface area (Å²) in [6, 6.07) is 0. The van der Waals surface area contributed by atoms with E-state index in [0.717, 1.165) is 38.1 Å². The quantitative estimate of drug-likeness (QED) is 0.712. The van der Waals surface area contributed by atoms with Gasteiger partial charge in [0, 0.05) is 31.8 Å². The zero-order valence-corrected chi connectivity index (χ0v) is 8.74. The van der Waals surface area contributed by atoms with Crippen LogP contribution in [0.4, 0.5) is 0 Å². The highest BCUT2D eigenvalue weighted by molar-refractivity contribution is 5.09. The average molecular weight is 196 g/mol. The lowest BCUT2D eigenvalue weighted by Crippen LogP contribution is -2.69. The van der Waals surface area contributed by atoms with Crippen molar-refractivity contribution in [3.8, 4) is 0 Å². The van der Waals surface area contributed by atoms with Crippen LogP contribution in [-0.4, -0.2) is 43.3 Å². The fourth-order valence-corrected chi connectivity index (χ4v) is 2.92.